The van der Waals surface area contributed by atoms with Crippen LogP contribution in [0, 0.1) is 0 Å². The van der Waals surface area contributed by atoms with E-state index in [0.717, 1.165) is 10.3 Å². The number of hydrogen-bond acceptors (Lipinski definition) is 4. The first-order valence-corrected chi connectivity index (χ1v) is 8.18. The summed E-state index contributed by atoms with van der Waals surface area (Å²) in [6, 6.07) is 12.1. The van der Waals surface area contributed by atoms with Crippen molar-refractivity contribution in [3.05, 3.63) is 42.5 Å². The first-order valence-electron chi connectivity index (χ1n) is 6.53. The third-order valence-corrected chi connectivity index (χ3v) is 5.16. The van der Waals surface area contributed by atoms with Crippen LogP contribution in [0.3, 0.4) is 0 Å². The summed E-state index contributed by atoms with van der Waals surface area (Å²) in [6.45, 7) is 0. The van der Waals surface area contributed by atoms with Gasteiger partial charge in [-0.1, -0.05) is 36.4 Å². The van der Waals surface area contributed by atoms with Gasteiger partial charge in [-0.25, -0.2) is 8.42 Å². The second kappa shape index (κ2) is 4.96. The van der Waals surface area contributed by atoms with Crippen molar-refractivity contribution in [2.45, 2.75) is 17.7 Å². The van der Waals surface area contributed by atoms with Gasteiger partial charge in [-0.05, 0) is 11.5 Å². The molecule has 0 bridgehead atoms. The zero-order valence-electron chi connectivity index (χ0n) is 11.2. The number of benzene rings is 2. The lowest BCUT2D eigenvalue weighted by Gasteiger charge is -2.15. The second-order valence-corrected chi connectivity index (χ2v) is 6.86. The van der Waals surface area contributed by atoms with Gasteiger partial charge in [0, 0.05) is 18.2 Å². The van der Waals surface area contributed by atoms with E-state index < -0.39 is 27.5 Å². The number of imide groups is 1. The van der Waals surface area contributed by atoms with E-state index in [1.807, 2.05) is 18.2 Å². The Morgan fingerprint density at radius 2 is 1.52 bits per heavy atom. The highest BCUT2D eigenvalue weighted by atomic mass is 32.2. The number of sulfone groups is 1. The van der Waals surface area contributed by atoms with Gasteiger partial charge in [0.05, 0.1) is 4.90 Å². The molecule has 0 atom stereocenters. The average Bonchev–Trinajstić information content (AvgIpc) is 2.78. The normalized spacial score (nSPS) is 15.9. The summed E-state index contributed by atoms with van der Waals surface area (Å²) >= 11 is 0. The molecule has 0 spiro atoms. The molecule has 1 saturated heterocycles. The molecule has 0 saturated carbocycles. The Morgan fingerprint density at radius 3 is 2.24 bits per heavy atom. The van der Waals surface area contributed by atoms with E-state index in [1.165, 1.54) is 6.07 Å². The van der Waals surface area contributed by atoms with E-state index in [4.69, 9.17) is 0 Å². The number of hydrogen-bond donors (Lipinski definition) is 0. The standard InChI is InChI=1S/C15H13NO4S/c17-14-8-9-15(18)16(14)10-21(19,20)13-7-3-5-11-4-1-2-6-12(11)13/h1-7H,8-10H2. The van der Waals surface area contributed by atoms with Crippen molar-refractivity contribution in [3.63, 3.8) is 0 Å². The van der Waals surface area contributed by atoms with Crippen molar-refractivity contribution in [3.8, 4) is 0 Å². The molecule has 0 radical (unpaired) electrons. The van der Waals surface area contributed by atoms with Gasteiger partial charge in [-0.2, -0.15) is 0 Å². The summed E-state index contributed by atoms with van der Waals surface area (Å²) in [5.74, 6) is -1.44. The minimum atomic E-state index is -3.75. The maximum atomic E-state index is 12.5. The van der Waals surface area contributed by atoms with Crippen LogP contribution in [0.15, 0.2) is 47.4 Å². The highest BCUT2D eigenvalue weighted by Crippen LogP contribution is 2.25. The summed E-state index contributed by atoms with van der Waals surface area (Å²) in [5, 5.41) is 1.40. The molecule has 1 fully saturated rings. The Hall–Kier alpha value is -2.21. The highest BCUT2D eigenvalue weighted by molar-refractivity contribution is 7.91. The monoisotopic (exact) mass is 303 g/mol. The number of likely N-dealkylation sites (tertiary alicyclic amines) is 1. The molecule has 108 valence electrons. The highest BCUT2D eigenvalue weighted by Gasteiger charge is 2.33. The number of carbonyl (C=O) groups excluding carboxylic acids is 2. The van der Waals surface area contributed by atoms with Gasteiger partial charge in [0.25, 0.3) is 0 Å². The zero-order valence-corrected chi connectivity index (χ0v) is 12.0. The van der Waals surface area contributed by atoms with Crippen LogP contribution in [0.5, 0.6) is 0 Å². The SMILES string of the molecule is O=C1CCC(=O)N1CS(=O)(=O)c1cccc2ccccc12. The van der Waals surface area contributed by atoms with Gasteiger partial charge >= 0.3 is 0 Å². The van der Waals surface area contributed by atoms with Crippen LogP contribution >= 0.6 is 0 Å². The lowest BCUT2D eigenvalue weighted by molar-refractivity contribution is -0.137. The molecule has 3 rings (SSSR count). The van der Waals surface area contributed by atoms with E-state index in [1.54, 1.807) is 18.2 Å². The Morgan fingerprint density at radius 1 is 0.905 bits per heavy atom. The molecule has 1 heterocycles. The Labute approximate surface area is 122 Å². The fraction of sp³-hybridized carbons (Fsp3) is 0.200. The van der Waals surface area contributed by atoms with E-state index in [-0.39, 0.29) is 17.7 Å². The molecule has 6 heteroatoms. The first-order chi connectivity index (χ1) is 9.99. The molecular formula is C15H13NO4S. The minimum absolute atomic E-state index is 0.0872. The van der Waals surface area contributed by atoms with Crippen LogP contribution < -0.4 is 0 Å². The molecule has 1 aliphatic rings. The van der Waals surface area contributed by atoms with Gasteiger partial charge in [-0.15, -0.1) is 0 Å². The van der Waals surface area contributed by atoms with Crippen LogP contribution in [0.2, 0.25) is 0 Å². The summed E-state index contributed by atoms with van der Waals surface area (Å²) in [7, 11) is -3.75. The molecule has 0 aliphatic carbocycles. The Bertz CT molecular complexity index is 820. The molecule has 5 nitrogen and oxygen atoms in total. The second-order valence-electron chi connectivity index (χ2n) is 4.94. The lowest BCUT2D eigenvalue weighted by atomic mass is 10.1. The van der Waals surface area contributed by atoms with Crippen LogP contribution in [0.4, 0.5) is 0 Å². The molecule has 0 unspecified atom stereocenters. The fourth-order valence-corrected chi connectivity index (χ4v) is 4.05. The summed E-state index contributed by atoms with van der Waals surface area (Å²) in [4.78, 5) is 24.2. The molecular weight excluding hydrogens is 290 g/mol. The van der Waals surface area contributed by atoms with Gasteiger partial charge < -0.3 is 0 Å². The summed E-state index contributed by atoms with van der Waals surface area (Å²) in [6.07, 6.45) is 0.174. The fourth-order valence-electron chi connectivity index (χ4n) is 2.47. The topological polar surface area (TPSA) is 71.5 Å². The number of fused-ring (bicyclic) bond motifs is 1. The molecule has 21 heavy (non-hydrogen) atoms. The maximum absolute atomic E-state index is 12.5. The van der Waals surface area contributed by atoms with Gasteiger partial charge in [-0.3, -0.25) is 14.5 Å². The number of nitrogens with zero attached hydrogens (tertiary/aromatic N) is 1. The van der Waals surface area contributed by atoms with Crippen molar-refractivity contribution in [1.29, 1.82) is 0 Å². The van der Waals surface area contributed by atoms with Crippen molar-refractivity contribution in [2.75, 3.05) is 5.88 Å². The lowest BCUT2D eigenvalue weighted by Crippen LogP contribution is -2.34. The maximum Gasteiger partial charge on any atom is 0.230 e. The Balaban J connectivity index is 2.05. The van der Waals surface area contributed by atoms with Crippen LogP contribution in [0.1, 0.15) is 12.8 Å². The van der Waals surface area contributed by atoms with E-state index in [9.17, 15) is 18.0 Å². The number of carbonyl (C=O) groups is 2. The average molecular weight is 303 g/mol. The first kappa shape index (κ1) is 13.8. The predicted octanol–water partition coefficient (Wildman–Crippen LogP) is 1.72. The molecule has 2 aromatic carbocycles. The molecule has 2 aromatic rings. The van der Waals surface area contributed by atoms with Crippen molar-refractivity contribution in [2.24, 2.45) is 0 Å². The van der Waals surface area contributed by atoms with Gasteiger partial charge in [0.1, 0.15) is 5.88 Å². The van der Waals surface area contributed by atoms with E-state index in [2.05, 4.69) is 0 Å². The largest absolute Gasteiger partial charge is 0.274 e. The van der Waals surface area contributed by atoms with Crippen molar-refractivity contribution in [1.82, 2.24) is 4.90 Å². The van der Waals surface area contributed by atoms with E-state index in [0.29, 0.717) is 5.39 Å². The van der Waals surface area contributed by atoms with Crippen LogP contribution in [-0.2, 0) is 19.4 Å². The number of amides is 2. The van der Waals surface area contributed by atoms with Gasteiger partial charge in [0.2, 0.25) is 11.8 Å². The van der Waals surface area contributed by atoms with Gasteiger partial charge in [0.15, 0.2) is 9.84 Å². The van der Waals surface area contributed by atoms with Crippen molar-refractivity contribution < 1.29 is 18.0 Å². The smallest absolute Gasteiger partial charge is 0.230 e. The van der Waals surface area contributed by atoms with Crippen molar-refractivity contribution >= 4 is 32.4 Å². The molecule has 0 aromatic heterocycles. The molecule has 2 amide bonds. The zero-order chi connectivity index (χ0) is 15.0. The molecule has 0 N–H and O–H groups in total. The van der Waals surface area contributed by atoms with Crippen LogP contribution in [-0.4, -0.2) is 31.0 Å². The third-order valence-electron chi connectivity index (χ3n) is 3.54. The molecule has 1 aliphatic heterocycles. The number of rotatable bonds is 3. The summed E-state index contributed by atoms with van der Waals surface area (Å²) < 4.78 is 25.1. The van der Waals surface area contributed by atoms with E-state index >= 15 is 0 Å². The third kappa shape index (κ3) is 2.42. The minimum Gasteiger partial charge on any atom is -0.274 e. The predicted molar refractivity (Wildman–Crippen MR) is 77.1 cm³/mol. The quantitative estimate of drug-likeness (QED) is 0.809. The summed E-state index contributed by atoms with van der Waals surface area (Å²) in [5.41, 5.74) is 0. The van der Waals surface area contributed by atoms with Crippen LogP contribution in [0.25, 0.3) is 10.8 Å². The Kier molecular flexibility index (Phi) is 3.25.